The normalized spacial score (nSPS) is 18.7. The Morgan fingerprint density at radius 3 is 2.47 bits per heavy atom. The molecule has 1 heterocycles. The lowest BCUT2D eigenvalue weighted by atomic mass is 10.1. The zero-order chi connectivity index (χ0) is 14.0. The maximum atomic E-state index is 12.5. The highest BCUT2D eigenvalue weighted by Crippen LogP contribution is 2.25. The lowest BCUT2D eigenvalue weighted by Gasteiger charge is -2.30. The molecular weight excluding hydrogens is 286 g/mol. The number of nitrogens with zero attached hydrogens (tertiary/aromatic N) is 1. The fourth-order valence-corrected chi connectivity index (χ4v) is 3.93. The summed E-state index contributed by atoms with van der Waals surface area (Å²) in [6.07, 6.45) is 1.62. The Morgan fingerprint density at radius 1 is 1.32 bits per heavy atom. The molecule has 0 spiro atoms. The maximum absolute atomic E-state index is 12.5. The molecule has 2 rings (SSSR count). The summed E-state index contributed by atoms with van der Waals surface area (Å²) < 4.78 is 31.7. The van der Waals surface area contributed by atoms with Gasteiger partial charge >= 0.3 is 0 Å². The fraction of sp³-hybridized carbons (Fsp3) is 0.538. The van der Waals surface area contributed by atoms with Gasteiger partial charge in [0.25, 0.3) is 0 Å². The summed E-state index contributed by atoms with van der Waals surface area (Å²) >= 11 is 6.00. The maximum Gasteiger partial charge on any atom is 0.243 e. The van der Waals surface area contributed by atoms with Crippen LogP contribution in [-0.4, -0.2) is 39.0 Å². The van der Waals surface area contributed by atoms with E-state index < -0.39 is 10.0 Å². The van der Waals surface area contributed by atoms with Gasteiger partial charge in [0.05, 0.1) is 11.0 Å². The molecule has 1 saturated heterocycles. The van der Waals surface area contributed by atoms with Crippen LogP contribution in [0.3, 0.4) is 0 Å². The lowest BCUT2D eigenvalue weighted by Crippen LogP contribution is -2.40. The van der Waals surface area contributed by atoms with Crippen LogP contribution in [0.2, 0.25) is 5.02 Å². The topological polar surface area (TPSA) is 46.6 Å². The molecule has 0 atom stereocenters. The number of sulfonamides is 1. The fourth-order valence-electron chi connectivity index (χ4n) is 2.19. The van der Waals surface area contributed by atoms with Gasteiger partial charge in [0.15, 0.2) is 0 Å². The van der Waals surface area contributed by atoms with E-state index in [0.717, 1.165) is 18.4 Å². The van der Waals surface area contributed by atoms with Crippen molar-refractivity contribution in [1.82, 2.24) is 4.31 Å². The van der Waals surface area contributed by atoms with Crippen LogP contribution in [0.25, 0.3) is 0 Å². The average molecular weight is 304 g/mol. The number of hydrogen-bond donors (Lipinski definition) is 0. The molecule has 0 unspecified atom stereocenters. The zero-order valence-electron chi connectivity index (χ0n) is 11.1. The summed E-state index contributed by atoms with van der Waals surface area (Å²) in [6, 6.07) is 4.87. The molecule has 0 saturated carbocycles. The van der Waals surface area contributed by atoms with Gasteiger partial charge in [0.1, 0.15) is 0 Å². The van der Waals surface area contributed by atoms with Crippen LogP contribution in [-0.2, 0) is 14.8 Å². The molecule has 1 aromatic carbocycles. The van der Waals surface area contributed by atoms with Crippen LogP contribution >= 0.6 is 11.6 Å². The monoisotopic (exact) mass is 303 g/mol. The first-order chi connectivity index (χ1) is 8.95. The van der Waals surface area contributed by atoms with Crippen molar-refractivity contribution in [2.75, 3.05) is 20.2 Å². The molecular formula is C13H18ClNO3S. The van der Waals surface area contributed by atoms with Gasteiger partial charge in [-0.3, -0.25) is 0 Å². The van der Waals surface area contributed by atoms with Crippen molar-refractivity contribution in [3.8, 4) is 0 Å². The van der Waals surface area contributed by atoms with E-state index in [1.807, 2.05) is 6.92 Å². The van der Waals surface area contributed by atoms with E-state index >= 15 is 0 Å². The summed E-state index contributed by atoms with van der Waals surface area (Å²) in [6.45, 7) is 2.83. The van der Waals surface area contributed by atoms with Gasteiger partial charge in [-0.15, -0.1) is 0 Å². The van der Waals surface area contributed by atoms with Crippen LogP contribution in [0, 0.1) is 6.92 Å². The summed E-state index contributed by atoms with van der Waals surface area (Å²) in [7, 11) is -1.78. The number of methoxy groups -OCH3 is 1. The molecule has 0 amide bonds. The number of piperidine rings is 1. The minimum atomic E-state index is -3.44. The van der Waals surface area contributed by atoms with Crippen molar-refractivity contribution in [3.05, 3.63) is 28.8 Å². The van der Waals surface area contributed by atoms with E-state index in [1.54, 1.807) is 19.2 Å². The van der Waals surface area contributed by atoms with E-state index in [4.69, 9.17) is 16.3 Å². The van der Waals surface area contributed by atoms with Crippen LogP contribution in [0.4, 0.5) is 0 Å². The molecule has 1 aliphatic rings. The van der Waals surface area contributed by atoms with Crippen LogP contribution in [0.1, 0.15) is 18.4 Å². The van der Waals surface area contributed by atoms with Crippen molar-refractivity contribution in [3.63, 3.8) is 0 Å². The molecule has 0 N–H and O–H groups in total. The van der Waals surface area contributed by atoms with E-state index in [0.29, 0.717) is 18.1 Å². The van der Waals surface area contributed by atoms with Crippen LogP contribution in [0.15, 0.2) is 23.1 Å². The Labute approximate surface area is 119 Å². The van der Waals surface area contributed by atoms with Gasteiger partial charge in [-0.05, 0) is 37.5 Å². The van der Waals surface area contributed by atoms with Crippen molar-refractivity contribution in [2.45, 2.75) is 30.8 Å². The molecule has 0 bridgehead atoms. The van der Waals surface area contributed by atoms with E-state index in [2.05, 4.69) is 0 Å². The first-order valence-electron chi connectivity index (χ1n) is 6.24. The second-order valence-electron chi connectivity index (χ2n) is 4.75. The van der Waals surface area contributed by atoms with E-state index in [1.165, 1.54) is 10.4 Å². The predicted octanol–water partition coefficient (Wildman–Crippen LogP) is 2.45. The van der Waals surface area contributed by atoms with Crippen molar-refractivity contribution < 1.29 is 13.2 Å². The largest absolute Gasteiger partial charge is 0.381 e. The molecule has 1 aliphatic heterocycles. The molecule has 0 aliphatic carbocycles. The first-order valence-corrected chi connectivity index (χ1v) is 8.06. The van der Waals surface area contributed by atoms with Gasteiger partial charge in [0, 0.05) is 25.2 Å². The molecule has 1 aromatic rings. The molecule has 1 fully saturated rings. The number of benzene rings is 1. The van der Waals surface area contributed by atoms with Crippen molar-refractivity contribution in [1.29, 1.82) is 0 Å². The third kappa shape index (κ3) is 3.11. The second kappa shape index (κ2) is 5.79. The highest BCUT2D eigenvalue weighted by Gasteiger charge is 2.29. The Hall–Kier alpha value is -0.620. The Bertz CT molecular complexity index is 551. The zero-order valence-corrected chi connectivity index (χ0v) is 12.7. The molecule has 0 radical (unpaired) electrons. The molecule has 19 heavy (non-hydrogen) atoms. The predicted molar refractivity (Wildman–Crippen MR) is 75.0 cm³/mol. The minimum absolute atomic E-state index is 0.160. The minimum Gasteiger partial charge on any atom is -0.381 e. The number of hydrogen-bond acceptors (Lipinski definition) is 3. The SMILES string of the molecule is COC1CCN(S(=O)(=O)c2ccc(C)c(Cl)c2)CC1. The number of aryl methyl sites for hydroxylation is 1. The average Bonchev–Trinajstić information content (AvgIpc) is 2.41. The summed E-state index contributed by atoms with van der Waals surface area (Å²) in [5.41, 5.74) is 0.874. The highest BCUT2D eigenvalue weighted by atomic mass is 35.5. The Balaban J connectivity index is 2.21. The molecule has 4 nitrogen and oxygen atoms in total. The summed E-state index contributed by atoms with van der Waals surface area (Å²) in [5, 5.41) is 0.479. The number of halogens is 1. The standard InChI is InChI=1S/C13H18ClNO3S/c1-10-3-4-12(9-13(10)14)19(16,17)15-7-5-11(18-2)6-8-15/h3-4,9,11H,5-8H2,1-2H3. The smallest absolute Gasteiger partial charge is 0.243 e. The van der Waals surface area contributed by atoms with Gasteiger partial charge in [-0.2, -0.15) is 4.31 Å². The Morgan fingerprint density at radius 2 is 1.95 bits per heavy atom. The second-order valence-corrected chi connectivity index (χ2v) is 7.10. The first kappa shape index (κ1) is 14.8. The van der Waals surface area contributed by atoms with Crippen molar-refractivity contribution >= 4 is 21.6 Å². The van der Waals surface area contributed by atoms with Crippen molar-refractivity contribution in [2.24, 2.45) is 0 Å². The van der Waals surface area contributed by atoms with Crippen LogP contribution < -0.4 is 0 Å². The van der Waals surface area contributed by atoms with Crippen LogP contribution in [0.5, 0.6) is 0 Å². The van der Waals surface area contributed by atoms with Gasteiger partial charge in [0.2, 0.25) is 10.0 Å². The van der Waals surface area contributed by atoms with Gasteiger partial charge in [-0.25, -0.2) is 8.42 Å². The summed E-state index contributed by atoms with van der Waals surface area (Å²) in [5.74, 6) is 0. The van der Waals surface area contributed by atoms with E-state index in [9.17, 15) is 8.42 Å². The van der Waals surface area contributed by atoms with E-state index in [-0.39, 0.29) is 11.0 Å². The lowest BCUT2D eigenvalue weighted by molar-refractivity contribution is 0.0604. The number of ether oxygens (including phenoxy) is 1. The molecule has 0 aromatic heterocycles. The molecule has 106 valence electrons. The van der Waals surface area contributed by atoms with Gasteiger partial charge < -0.3 is 4.74 Å². The number of rotatable bonds is 3. The highest BCUT2D eigenvalue weighted by molar-refractivity contribution is 7.89. The molecule has 6 heteroatoms. The Kier molecular flexibility index (Phi) is 4.50. The third-order valence-electron chi connectivity index (χ3n) is 3.52. The van der Waals surface area contributed by atoms with Gasteiger partial charge in [-0.1, -0.05) is 17.7 Å². The quantitative estimate of drug-likeness (QED) is 0.861. The summed E-state index contributed by atoms with van der Waals surface area (Å²) in [4.78, 5) is 0.263. The third-order valence-corrected chi connectivity index (χ3v) is 5.82.